The van der Waals surface area contributed by atoms with E-state index >= 15 is 0 Å². The number of nitrogens with two attached hydrogens (primary N) is 1. The molecule has 0 bridgehead atoms. The zero-order valence-electron chi connectivity index (χ0n) is 11.8. The van der Waals surface area contributed by atoms with Crippen LogP contribution in [0.5, 0.6) is 0 Å². The first-order valence-electron chi connectivity index (χ1n) is 6.58. The Kier molecular flexibility index (Phi) is 7.11. The van der Waals surface area contributed by atoms with E-state index in [1.807, 2.05) is 17.4 Å². The molecule has 0 aliphatic carbocycles. The lowest BCUT2D eigenvalue weighted by atomic mass is 10.1. The molecule has 0 spiro atoms. The molecule has 3 amide bonds. The zero-order chi connectivity index (χ0) is 15.0. The molecule has 4 N–H and O–H groups in total. The number of rotatable bonds is 7. The molecule has 0 radical (unpaired) electrons. The molecule has 1 rings (SSSR count). The molecule has 0 aliphatic heterocycles. The van der Waals surface area contributed by atoms with Crippen molar-refractivity contribution in [2.24, 2.45) is 5.73 Å². The molecule has 0 heterocycles. The Morgan fingerprint density at radius 2 is 2.15 bits per heavy atom. The van der Waals surface area contributed by atoms with Gasteiger partial charge in [0.05, 0.1) is 5.75 Å². The molecular formula is C14H21N3O2S. The molecule has 0 fully saturated rings. The van der Waals surface area contributed by atoms with E-state index in [-0.39, 0.29) is 17.7 Å². The first kappa shape index (κ1) is 16.5. The average Bonchev–Trinajstić information content (AvgIpc) is 2.42. The summed E-state index contributed by atoms with van der Waals surface area (Å²) in [5.74, 6) is -0.214. The van der Waals surface area contributed by atoms with E-state index < -0.39 is 6.03 Å². The molecule has 0 saturated heterocycles. The monoisotopic (exact) mass is 295 g/mol. The van der Waals surface area contributed by atoms with Crippen molar-refractivity contribution in [1.29, 1.82) is 0 Å². The van der Waals surface area contributed by atoms with E-state index in [1.165, 1.54) is 17.3 Å². The number of thioether (sulfide) groups is 1. The van der Waals surface area contributed by atoms with Crippen molar-refractivity contribution in [2.75, 3.05) is 12.3 Å². The SMILES string of the molecule is CCCNC(C)c1cccc(SCC(=O)NC(N)=O)c1. The Morgan fingerprint density at radius 1 is 1.40 bits per heavy atom. The van der Waals surface area contributed by atoms with Gasteiger partial charge in [0.2, 0.25) is 5.91 Å². The van der Waals surface area contributed by atoms with Gasteiger partial charge in [0, 0.05) is 10.9 Å². The van der Waals surface area contributed by atoms with Crippen LogP contribution >= 0.6 is 11.8 Å². The van der Waals surface area contributed by atoms with Crippen LogP contribution in [-0.4, -0.2) is 24.2 Å². The summed E-state index contributed by atoms with van der Waals surface area (Å²) in [6.07, 6.45) is 1.09. The molecule has 0 aliphatic rings. The van der Waals surface area contributed by atoms with E-state index in [9.17, 15) is 9.59 Å². The maximum absolute atomic E-state index is 11.3. The molecule has 1 aromatic rings. The smallest absolute Gasteiger partial charge is 0.318 e. The fourth-order valence-electron chi connectivity index (χ4n) is 1.67. The highest BCUT2D eigenvalue weighted by Gasteiger charge is 2.08. The number of primary amides is 1. The van der Waals surface area contributed by atoms with Gasteiger partial charge in [0.1, 0.15) is 0 Å². The number of urea groups is 1. The molecule has 5 nitrogen and oxygen atoms in total. The molecule has 1 atom stereocenters. The number of hydrogen-bond donors (Lipinski definition) is 3. The fourth-order valence-corrected chi connectivity index (χ4v) is 2.44. The largest absolute Gasteiger partial charge is 0.351 e. The number of imide groups is 1. The standard InChI is InChI=1S/C14H21N3O2S/c1-3-7-16-10(2)11-5-4-6-12(8-11)20-9-13(18)17-14(15)19/h4-6,8,10,16H,3,7,9H2,1-2H3,(H3,15,17,18,19). The molecule has 1 aromatic carbocycles. The van der Waals surface area contributed by atoms with Gasteiger partial charge < -0.3 is 11.1 Å². The van der Waals surface area contributed by atoms with Crippen molar-refractivity contribution in [1.82, 2.24) is 10.6 Å². The fraction of sp³-hybridized carbons (Fsp3) is 0.429. The van der Waals surface area contributed by atoms with E-state index in [4.69, 9.17) is 5.73 Å². The predicted molar refractivity (Wildman–Crippen MR) is 81.6 cm³/mol. The normalized spacial score (nSPS) is 11.9. The van der Waals surface area contributed by atoms with E-state index in [2.05, 4.69) is 31.3 Å². The summed E-state index contributed by atoms with van der Waals surface area (Å²) in [6, 6.07) is 7.47. The molecule has 0 saturated carbocycles. The minimum Gasteiger partial charge on any atom is -0.351 e. The second-order valence-electron chi connectivity index (χ2n) is 4.45. The third-order valence-electron chi connectivity index (χ3n) is 2.69. The second kappa shape index (κ2) is 8.60. The van der Waals surface area contributed by atoms with Gasteiger partial charge in [-0.1, -0.05) is 19.1 Å². The van der Waals surface area contributed by atoms with Gasteiger partial charge in [-0.3, -0.25) is 10.1 Å². The van der Waals surface area contributed by atoms with Crippen LogP contribution in [0.3, 0.4) is 0 Å². The highest BCUT2D eigenvalue weighted by atomic mass is 32.2. The number of carbonyl (C=O) groups is 2. The lowest BCUT2D eigenvalue weighted by Crippen LogP contribution is -2.36. The summed E-state index contributed by atoms with van der Waals surface area (Å²) in [4.78, 5) is 22.9. The van der Waals surface area contributed by atoms with Crippen molar-refractivity contribution in [3.05, 3.63) is 29.8 Å². The summed E-state index contributed by atoms with van der Waals surface area (Å²) in [5, 5.41) is 5.46. The third-order valence-corrected chi connectivity index (χ3v) is 3.68. The molecule has 110 valence electrons. The quantitative estimate of drug-likeness (QED) is 0.672. The Bertz CT molecular complexity index is 465. The highest BCUT2D eigenvalue weighted by molar-refractivity contribution is 8.00. The summed E-state index contributed by atoms with van der Waals surface area (Å²) in [6.45, 7) is 5.21. The van der Waals surface area contributed by atoms with Crippen LogP contribution < -0.4 is 16.4 Å². The summed E-state index contributed by atoms with van der Waals surface area (Å²) >= 11 is 1.38. The number of nitrogens with one attached hydrogen (secondary N) is 2. The average molecular weight is 295 g/mol. The Labute approximate surface area is 123 Å². The number of benzene rings is 1. The number of hydrogen-bond acceptors (Lipinski definition) is 4. The lowest BCUT2D eigenvalue weighted by molar-refractivity contribution is -0.117. The Hall–Kier alpha value is -1.53. The highest BCUT2D eigenvalue weighted by Crippen LogP contribution is 2.22. The topological polar surface area (TPSA) is 84.2 Å². The third kappa shape index (κ3) is 6.08. The molecule has 20 heavy (non-hydrogen) atoms. The van der Waals surface area contributed by atoms with Crippen LogP contribution in [0.1, 0.15) is 31.9 Å². The maximum Gasteiger partial charge on any atom is 0.318 e. The van der Waals surface area contributed by atoms with Crippen LogP contribution in [0.25, 0.3) is 0 Å². The van der Waals surface area contributed by atoms with Gasteiger partial charge >= 0.3 is 6.03 Å². The van der Waals surface area contributed by atoms with Crippen LogP contribution in [-0.2, 0) is 4.79 Å². The van der Waals surface area contributed by atoms with Gasteiger partial charge in [-0.2, -0.15) is 0 Å². The van der Waals surface area contributed by atoms with Gasteiger partial charge in [-0.15, -0.1) is 11.8 Å². The first-order valence-corrected chi connectivity index (χ1v) is 7.57. The van der Waals surface area contributed by atoms with Crippen molar-refractivity contribution < 1.29 is 9.59 Å². The summed E-state index contributed by atoms with van der Waals surface area (Å²) in [7, 11) is 0. The first-order chi connectivity index (χ1) is 9.52. The van der Waals surface area contributed by atoms with Crippen LogP contribution in [0.2, 0.25) is 0 Å². The number of carbonyl (C=O) groups excluding carboxylic acids is 2. The van der Waals surface area contributed by atoms with Crippen LogP contribution in [0.4, 0.5) is 4.79 Å². The van der Waals surface area contributed by atoms with Crippen molar-refractivity contribution in [3.8, 4) is 0 Å². The molecular weight excluding hydrogens is 274 g/mol. The van der Waals surface area contributed by atoms with Crippen molar-refractivity contribution >= 4 is 23.7 Å². The predicted octanol–water partition coefficient (Wildman–Crippen LogP) is 2.03. The molecule has 0 aromatic heterocycles. The summed E-state index contributed by atoms with van der Waals surface area (Å²) in [5.41, 5.74) is 6.06. The van der Waals surface area contributed by atoms with Gasteiger partial charge in [-0.05, 0) is 37.6 Å². The van der Waals surface area contributed by atoms with E-state index in [0.29, 0.717) is 0 Å². The van der Waals surface area contributed by atoms with Crippen molar-refractivity contribution in [3.63, 3.8) is 0 Å². The zero-order valence-corrected chi connectivity index (χ0v) is 12.6. The van der Waals surface area contributed by atoms with Crippen molar-refractivity contribution in [2.45, 2.75) is 31.2 Å². The number of amides is 3. The lowest BCUT2D eigenvalue weighted by Gasteiger charge is -2.14. The van der Waals surface area contributed by atoms with Gasteiger partial charge in [-0.25, -0.2) is 4.79 Å². The van der Waals surface area contributed by atoms with Crippen LogP contribution in [0.15, 0.2) is 29.2 Å². The Morgan fingerprint density at radius 3 is 2.80 bits per heavy atom. The van der Waals surface area contributed by atoms with Crippen LogP contribution in [0, 0.1) is 0 Å². The second-order valence-corrected chi connectivity index (χ2v) is 5.50. The molecule has 6 heteroatoms. The summed E-state index contributed by atoms with van der Waals surface area (Å²) < 4.78 is 0. The van der Waals surface area contributed by atoms with Gasteiger partial charge in [0.15, 0.2) is 0 Å². The van der Waals surface area contributed by atoms with Gasteiger partial charge in [0.25, 0.3) is 0 Å². The van der Waals surface area contributed by atoms with E-state index in [1.54, 1.807) is 0 Å². The Balaban J connectivity index is 2.55. The van der Waals surface area contributed by atoms with E-state index in [0.717, 1.165) is 17.9 Å². The molecule has 1 unspecified atom stereocenters. The maximum atomic E-state index is 11.3. The minimum absolute atomic E-state index is 0.170. The minimum atomic E-state index is -0.818.